The molecule has 0 aliphatic heterocycles. The summed E-state index contributed by atoms with van der Waals surface area (Å²) >= 11 is 1.12. The highest BCUT2D eigenvalue weighted by molar-refractivity contribution is 7.99. The standard InChI is InChI=1S/C17H15F3N4O2S/c1-24-13-5-2-9(15(25)26)6-12(13)23-16(24)22-8-27-14-7-10(17(18,19)20)3-4-11(14)21/h2-7H,8,21H2,1H3,(H,22,23)(H,25,26). The molecule has 6 nitrogen and oxygen atoms in total. The summed E-state index contributed by atoms with van der Waals surface area (Å²) < 4.78 is 40.2. The van der Waals surface area contributed by atoms with Crippen molar-refractivity contribution in [3.63, 3.8) is 0 Å². The number of hydrogen-bond acceptors (Lipinski definition) is 5. The smallest absolute Gasteiger partial charge is 0.416 e. The molecule has 1 heterocycles. The Hall–Kier alpha value is -2.88. The van der Waals surface area contributed by atoms with E-state index in [0.717, 1.165) is 29.4 Å². The lowest BCUT2D eigenvalue weighted by atomic mass is 10.2. The number of benzene rings is 2. The molecule has 0 bridgehead atoms. The Balaban J connectivity index is 1.76. The largest absolute Gasteiger partial charge is 0.478 e. The van der Waals surface area contributed by atoms with Gasteiger partial charge in [-0.1, -0.05) is 0 Å². The molecule has 0 saturated carbocycles. The zero-order valence-electron chi connectivity index (χ0n) is 14.0. The summed E-state index contributed by atoms with van der Waals surface area (Å²) in [5.74, 6) is -0.354. The first-order valence-corrected chi connectivity index (χ1v) is 8.68. The summed E-state index contributed by atoms with van der Waals surface area (Å²) in [7, 11) is 1.75. The molecular formula is C17H15F3N4O2S. The fourth-order valence-corrected chi connectivity index (χ4v) is 3.31. The van der Waals surface area contributed by atoms with E-state index >= 15 is 0 Å². The van der Waals surface area contributed by atoms with E-state index in [0.29, 0.717) is 16.4 Å². The molecule has 2 aromatic carbocycles. The first kappa shape index (κ1) is 18.9. The Morgan fingerprint density at radius 2 is 2.04 bits per heavy atom. The van der Waals surface area contributed by atoms with Crippen molar-refractivity contribution in [1.82, 2.24) is 9.55 Å². The van der Waals surface area contributed by atoms with Crippen LogP contribution in [-0.4, -0.2) is 26.5 Å². The van der Waals surface area contributed by atoms with Gasteiger partial charge in [0.15, 0.2) is 0 Å². The summed E-state index contributed by atoms with van der Waals surface area (Å²) in [4.78, 5) is 15.7. The van der Waals surface area contributed by atoms with E-state index in [2.05, 4.69) is 10.3 Å². The van der Waals surface area contributed by atoms with Gasteiger partial charge in [0.1, 0.15) is 0 Å². The third-order valence-corrected chi connectivity index (χ3v) is 4.88. The number of carboxylic acid groups (broad SMARTS) is 1. The number of aromatic carboxylic acids is 1. The van der Waals surface area contributed by atoms with Crippen molar-refractivity contribution in [2.24, 2.45) is 7.05 Å². The maximum atomic E-state index is 12.8. The molecule has 0 fully saturated rings. The molecule has 0 saturated heterocycles. The molecule has 10 heteroatoms. The Bertz CT molecular complexity index is 1020. The zero-order valence-corrected chi connectivity index (χ0v) is 14.9. The normalized spacial score (nSPS) is 11.7. The van der Waals surface area contributed by atoms with Crippen molar-refractivity contribution in [3.05, 3.63) is 47.5 Å². The molecule has 0 radical (unpaired) electrons. The number of aryl methyl sites for hydroxylation is 1. The first-order chi connectivity index (χ1) is 12.7. The molecule has 0 spiro atoms. The number of hydrogen-bond donors (Lipinski definition) is 3. The predicted molar refractivity (Wildman–Crippen MR) is 97.9 cm³/mol. The van der Waals surface area contributed by atoms with E-state index in [-0.39, 0.29) is 17.1 Å². The van der Waals surface area contributed by atoms with Crippen LogP contribution in [0, 0.1) is 0 Å². The molecule has 0 aliphatic rings. The van der Waals surface area contributed by atoms with Crippen LogP contribution in [0.2, 0.25) is 0 Å². The molecule has 1 aromatic heterocycles. The highest BCUT2D eigenvalue weighted by atomic mass is 32.2. The summed E-state index contributed by atoms with van der Waals surface area (Å²) in [5, 5.41) is 12.1. The van der Waals surface area contributed by atoms with E-state index < -0.39 is 17.7 Å². The van der Waals surface area contributed by atoms with E-state index in [1.54, 1.807) is 17.7 Å². The first-order valence-electron chi connectivity index (χ1n) is 7.70. The van der Waals surface area contributed by atoms with Crippen molar-refractivity contribution >= 4 is 40.4 Å². The van der Waals surface area contributed by atoms with Crippen LogP contribution in [0.25, 0.3) is 11.0 Å². The van der Waals surface area contributed by atoms with Crippen molar-refractivity contribution in [1.29, 1.82) is 0 Å². The van der Waals surface area contributed by atoms with Crippen LogP contribution < -0.4 is 11.1 Å². The second-order valence-electron chi connectivity index (χ2n) is 5.72. The van der Waals surface area contributed by atoms with E-state index in [1.807, 2.05) is 0 Å². The SMILES string of the molecule is Cn1c(NCSc2cc(C(F)(F)F)ccc2N)nc2cc(C(=O)O)ccc21. The molecule has 0 aliphatic carbocycles. The third kappa shape index (κ3) is 3.95. The maximum absolute atomic E-state index is 12.8. The van der Waals surface area contributed by atoms with Gasteiger partial charge in [-0.2, -0.15) is 13.2 Å². The van der Waals surface area contributed by atoms with Gasteiger partial charge in [-0.15, -0.1) is 11.8 Å². The van der Waals surface area contributed by atoms with Gasteiger partial charge in [0.2, 0.25) is 5.95 Å². The van der Waals surface area contributed by atoms with Gasteiger partial charge in [-0.3, -0.25) is 0 Å². The summed E-state index contributed by atoms with van der Waals surface area (Å²) in [6.45, 7) is 0. The number of halogens is 3. The lowest BCUT2D eigenvalue weighted by Crippen LogP contribution is -2.07. The van der Waals surface area contributed by atoms with Crippen molar-refractivity contribution in [2.45, 2.75) is 11.1 Å². The number of nitrogens with one attached hydrogen (secondary N) is 1. The number of alkyl halides is 3. The average molecular weight is 396 g/mol. The highest BCUT2D eigenvalue weighted by Crippen LogP contribution is 2.34. The number of carbonyl (C=O) groups is 1. The second-order valence-corrected chi connectivity index (χ2v) is 6.74. The fraction of sp³-hybridized carbons (Fsp3) is 0.176. The monoisotopic (exact) mass is 396 g/mol. The average Bonchev–Trinajstić information content (AvgIpc) is 2.91. The van der Waals surface area contributed by atoms with Gasteiger partial charge >= 0.3 is 12.1 Å². The van der Waals surface area contributed by atoms with Crippen molar-refractivity contribution in [3.8, 4) is 0 Å². The topological polar surface area (TPSA) is 93.2 Å². The van der Waals surface area contributed by atoms with Crippen LogP contribution in [0.4, 0.5) is 24.8 Å². The molecule has 0 atom stereocenters. The van der Waals surface area contributed by atoms with Gasteiger partial charge in [0, 0.05) is 17.6 Å². The molecular weight excluding hydrogens is 381 g/mol. The van der Waals surface area contributed by atoms with E-state index in [9.17, 15) is 18.0 Å². The van der Waals surface area contributed by atoms with Crippen LogP contribution in [0.15, 0.2) is 41.3 Å². The number of thioether (sulfide) groups is 1. The number of rotatable bonds is 5. The van der Waals surface area contributed by atoms with Crippen LogP contribution in [0.1, 0.15) is 15.9 Å². The number of fused-ring (bicyclic) bond motifs is 1. The van der Waals surface area contributed by atoms with Gasteiger partial charge in [-0.25, -0.2) is 9.78 Å². The Morgan fingerprint density at radius 1 is 1.30 bits per heavy atom. The molecule has 3 rings (SSSR count). The van der Waals surface area contributed by atoms with Crippen molar-refractivity contribution in [2.75, 3.05) is 16.9 Å². The molecule has 27 heavy (non-hydrogen) atoms. The summed E-state index contributed by atoms with van der Waals surface area (Å²) in [5.41, 5.74) is 6.60. The lowest BCUT2D eigenvalue weighted by molar-refractivity contribution is -0.137. The van der Waals surface area contributed by atoms with Gasteiger partial charge in [0.25, 0.3) is 0 Å². The molecule has 0 amide bonds. The molecule has 3 aromatic rings. The Kier molecular flexibility index (Phi) is 4.92. The number of anilines is 2. The zero-order chi connectivity index (χ0) is 19.8. The van der Waals surface area contributed by atoms with Gasteiger partial charge < -0.3 is 20.7 Å². The van der Waals surface area contributed by atoms with E-state index in [1.165, 1.54) is 18.2 Å². The summed E-state index contributed by atoms with van der Waals surface area (Å²) in [6, 6.07) is 7.77. The Morgan fingerprint density at radius 3 is 2.70 bits per heavy atom. The highest BCUT2D eigenvalue weighted by Gasteiger charge is 2.30. The van der Waals surface area contributed by atoms with Crippen LogP contribution in [0.3, 0.4) is 0 Å². The molecule has 4 N–H and O–H groups in total. The van der Waals surface area contributed by atoms with Crippen LogP contribution in [0.5, 0.6) is 0 Å². The maximum Gasteiger partial charge on any atom is 0.416 e. The van der Waals surface area contributed by atoms with E-state index in [4.69, 9.17) is 10.8 Å². The molecule has 142 valence electrons. The second kappa shape index (κ2) is 7.03. The fourth-order valence-electron chi connectivity index (χ4n) is 2.51. The summed E-state index contributed by atoms with van der Waals surface area (Å²) in [6.07, 6.45) is -4.43. The number of aromatic nitrogens is 2. The third-order valence-electron chi connectivity index (χ3n) is 3.93. The quantitative estimate of drug-likeness (QED) is 0.343. The number of imidazole rings is 1. The number of nitrogens with two attached hydrogens (primary N) is 1. The lowest BCUT2D eigenvalue weighted by Gasteiger charge is -2.11. The van der Waals surface area contributed by atoms with Crippen LogP contribution in [-0.2, 0) is 13.2 Å². The van der Waals surface area contributed by atoms with Gasteiger partial charge in [-0.05, 0) is 36.4 Å². The number of carboxylic acids is 1. The number of nitrogens with zero attached hydrogens (tertiary/aromatic N) is 2. The van der Waals surface area contributed by atoms with Crippen LogP contribution >= 0.6 is 11.8 Å². The Labute approximate surface area is 156 Å². The van der Waals surface area contributed by atoms with Gasteiger partial charge in [0.05, 0.1) is 28.0 Å². The number of nitrogen functional groups attached to an aromatic ring is 1. The minimum Gasteiger partial charge on any atom is -0.478 e. The minimum atomic E-state index is -4.43. The molecule has 0 unspecified atom stereocenters. The minimum absolute atomic E-state index is 0.123. The predicted octanol–water partition coefficient (Wildman–Crippen LogP) is 4.03. The van der Waals surface area contributed by atoms with Crippen molar-refractivity contribution < 1.29 is 23.1 Å².